The van der Waals surface area contributed by atoms with Gasteiger partial charge in [-0.1, -0.05) is 36.7 Å². The number of halogens is 1. The van der Waals surface area contributed by atoms with Gasteiger partial charge in [0, 0.05) is 26.9 Å². The Morgan fingerprint density at radius 2 is 1.90 bits per heavy atom. The maximum atomic E-state index is 12.3. The van der Waals surface area contributed by atoms with E-state index in [2.05, 4.69) is 27.3 Å². The van der Waals surface area contributed by atoms with Gasteiger partial charge in [-0.3, -0.25) is 4.79 Å². The van der Waals surface area contributed by atoms with Crippen LogP contribution in [0.15, 0.2) is 70.8 Å². The normalized spacial score (nSPS) is 11.0. The molecular weight excluding hydrogens is 406 g/mol. The van der Waals surface area contributed by atoms with Crippen LogP contribution >= 0.6 is 23.4 Å². The minimum absolute atomic E-state index is 0.176. The minimum atomic E-state index is -0.176. The molecule has 0 radical (unpaired) electrons. The van der Waals surface area contributed by atoms with E-state index in [0.29, 0.717) is 16.4 Å². The van der Waals surface area contributed by atoms with Crippen molar-refractivity contribution < 1.29 is 4.79 Å². The van der Waals surface area contributed by atoms with Crippen LogP contribution in [-0.2, 0) is 6.42 Å². The summed E-state index contributed by atoms with van der Waals surface area (Å²) in [6, 6.07) is 16.5. The maximum absolute atomic E-state index is 12.3. The number of nitrogens with one attached hydrogen (secondary N) is 1. The SMILES string of the molecule is CCCc1cc(Sc2ccc(NC(=O)c3ccc(Cl)cc3)cc2)n2ncnc2n1. The number of aryl methyl sites for hydroxylation is 1. The van der Waals surface area contributed by atoms with Crippen LogP contribution in [0.5, 0.6) is 0 Å². The van der Waals surface area contributed by atoms with Crippen LogP contribution in [-0.4, -0.2) is 25.5 Å². The van der Waals surface area contributed by atoms with E-state index in [-0.39, 0.29) is 5.91 Å². The smallest absolute Gasteiger partial charge is 0.255 e. The predicted octanol–water partition coefficient (Wildman–Crippen LogP) is 5.13. The molecular formula is C21H18ClN5OS. The van der Waals surface area contributed by atoms with Crippen LogP contribution in [0.3, 0.4) is 0 Å². The molecule has 2 heterocycles. The van der Waals surface area contributed by atoms with Crippen molar-refractivity contribution >= 4 is 40.7 Å². The zero-order chi connectivity index (χ0) is 20.2. The van der Waals surface area contributed by atoms with Crippen LogP contribution in [0, 0.1) is 0 Å². The summed E-state index contributed by atoms with van der Waals surface area (Å²) in [4.78, 5) is 22.1. The molecule has 0 saturated carbocycles. The molecule has 0 aliphatic carbocycles. The standard InChI is InChI=1S/C21H18ClN5OS/c1-2-3-17-12-19(27-21(26-17)23-13-24-27)29-18-10-8-16(9-11-18)25-20(28)14-4-6-15(22)7-5-14/h4-13H,2-3H2,1H3,(H,25,28). The second-order valence-corrected chi connectivity index (χ2v) is 7.93. The Bertz CT molecular complexity index is 1140. The van der Waals surface area contributed by atoms with E-state index in [0.717, 1.165) is 34.1 Å². The van der Waals surface area contributed by atoms with Crippen molar-refractivity contribution in [3.05, 3.63) is 77.2 Å². The number of rotatable bonds is 6. The second kappa shape index (κ2) is 8.63. The summed E-state index contributed by atoms with van der Waals surface area (Å²) in [6.45, 7) is 2.12. The number of carbonyl (C=O) groups excluding carboxylic acids is 1. The molecule has 1 amide bonds. The van der Waals surface area contributed by atoms with Gasteiger partial charge in [0.2, 0.25) is 0 Å². The lowest BCUT2D eigenvalue weighted by Crippen LogP contribution is -2.11. The van der Waals surface area contributed by atoms with Gasteiger partial charge in [-0.05, 0) is 61.0 Å². The minimum Gasteiger partial charge on any atom is -0.322 e. The highest BCUT2D eigenvalue weighted by atomic mass is 35.5. The molecule has 1 N–H and O–H groups in total. The number of nitrogens with zero attached hydrogens (tertiary/aromatic N) is 4. The first-order valence-corrected chi connectivity index (χ1v) is 10.4. The van der Waals surface area contributed by atoms with Crippen molar-refractivity contribution in [1.82, 2.24) is 19.6 Å². The fourth-order valence-corrected chi connectivity index (χ4v) is 3.87. The number of hydrogen-bond acceptors (Lipinski definition) is 5. The highest BCUT2D eigenvalue weighted by Crippen LogP contribution is 2.29. The van der Waals surface area contributed by atoms with E-state index in [1.165, 1.54) is 6.33 Å². The van der Waals surface area contributed by atoms with Gasteiger partial charge in [0.25, 0.3) is 11.7 Å². The topological polar surface area (TPSA) is 72.2 Å². The van der Waals surface area contributed by atoms with Crippen LogP contribution in [0.2, 0.25) is 5.02 Å². The van der Waals surface area contributed by atoms with Gasteiger partial charge < -0.3 is 5.32 Å². The molecule has 0 saturated heterocycles. The highest BCUT2D eigenvalue weighted by molar-refractivity contribution is 7.99. The summed E-state index contributed by atoms with van der Waals surface area (Å²) in [5, 5.41) is 8.71. The van der Waals surface area contributed by atoms with E-state index in [1.54, 1.807) is 40.5 Å². The Morgan fingerprint density at radius 1 is 1.14 bits per heavy atom. The number of amides is 1. The van der Waals surface area contributed by atoms with Crippen molar-refractivity contribution in [2.75, 3.05) is 5.32 Å². The van der Waals surface area contributed by atoms with Gasteiger partial charge in [-0.15, -0.1) is 0 Å². The Kier molecular flexibility index (Phi) is 5.78. The molecule has 0 atom stereocenters. The van der Waals surface area contributed by atoms with Crippen molar-refractivity contribution in [3.63, 3.8) is 0 Å². The summed E-state index contributed by atoms with van der Waals surface area (Å²) in [6.07, 6.45) is 3.42. The van der Waals surface area contributed by atoms with E-state index >= 15 is 0 Å². The number of benzene rings is 2. The third kappa shape index (κ3) is 4.58. The average Bonchev–Trinajstić information content (AvgIpc) is 3.19. The van der Waals surface area contributed by atoms with Crippen molar-refractivity contribution in [1.29, 1.82) is 0 Å². The molecule has 0 aliphatic rings. The van der Waals surface area contributed by atoms with Gasteiger partial charge in [0.1, 0.15) is 11.4 Å². The Balaban J connectivity index is 1.50. The van der Waals surface area contributed by atoms with Gasteiger partial charge in [-0.25, -0.2) is 4.98 Å². The Labute approximate surface area is 177 Å². The van der Waals surface area contributed by atoms with E-state index < -0.39 is 0 Å². The third-order valence-electron chi connectivity index (χ3n) is 4.22. The molecule has 6 nitrogen and oxygen atoms in total. The van der Waals surface area contributed by atoms with Crippen LogP contribution in [0.25, 0.3) is 5.78 Å². The average molecular weight is 424 g/mol. The van der Waals surface area contributed by atoms with E-state index in [1.807, 2.05) is 30.3 Å². The summed E-state index contributed by atoms with van der Waals surface area (Å²) in [5.74, 6) is 0.426. The molecule has 0 aliphatic heterocycles. The highest BCUT2D eigenvalue weighted by Gasteiger charge is 2.10. The van der Waals surface area contributed by atoms with Gasteiger partial charge >= 0.3 is 0 Å². The predicted molar refractivity (Wildman–Crippen MR) is 115 cm³/mol. The molecule has 4 aromatic rings. The quantitative estimate of drug-likeness (QED) is 0.435. The Morgan fingerprint density at radius 3 is 2.62 bits per heavy atom. The summed E-state index contributed by atoms with van der Waals surface area (Å²) in [7, 11) is 0. The van der Waals surface area contributed by atoms with Crippen LogP contribution in [0.4, 0.5) is 5.69 Å². The zero-order valence-electron chi connectivity index (χ0n) is 15.7. The molecule has 8 heteroatoms. The lowest BCUT2D eigenvalue weighted by molar-refractivity contribution is 0.102. The zero-order valence-corrected chi connectivity index (χ0v) is 17.2. The lowest BCUT2D eigenvalue weighted by Gasteiger charge is -2.08. The van der Waals surface area contributed by atoms with E-state index in [4.69, 9.17) is 11.6 Å². The van der Waals surface area contributed by atoms with Gasteiger partial charge in [0.15, 0.2) is 0 Å². The summed E-state index contributed by atoms with van der Waals surface area (Å²) in [5.41, 5.74) is 2.28. The second-order valence-electron chi connectivity index (χ2n) is 6.40. The molecule has 2 aromatic heterocycles. The van der Waals surface area contributed by atoms with Crippen LogP contribution in [0.1, 0.15) is 29.4 Å². The van der Waals surface area contributed by atoms with Gasteiger partial charge in [0.05, 0.1) is 0 Å². The number of anilines is 1. The molecule has 0 fully saturated rings. The lowest BCUT2D eigenvalue weighted by atomic mass is 10.2. The first kappa shape index (κ1) is 19.4. The fourth-order valence-electron chi connectivity index (χ4n) is 2.82. The number of carbonyl (C=O) groups is 1. The molecule has 0 spiro atoms. The maximum Gasteiger partial charge on any atom is 0.255 e. The molecule has 2 aromatic carbocycles. The number of hydrogen-bond donors (Lipinski definition) is 1. The van der Waals surface area contributed by atoms with Crippen molar-refractivity contribution in [2.24, 2.45) is 0 Å². The van der Waals surface area contributed by atoms with Crippen LogP contribution < -0.4 is 5.32 Å². The van der Waals surface area contributed by atoms with E-state index in [9.17, 15) is 4.79 Å². The molecule has 0 bridgehead atoms. The monoisotopic (exact) mass is 423 g/mol. The third-order valence-corrected chi connectivity index (χ3v) is 5.48. The molecule has 146 valence electrons. The summed E-state index contributed by atoms with van der Waals surface area (Å²) < 4.78 is 1.74. The summed E-state index contributed by atoms with van der Waals surface area (Å²) >= 11 is 7.45. The van der Waals surface area contributed by atoms with Crippen molar-refractivity contribution in [2.45, 2.75) is 29.7 Å². The molecule has 4 rings (SSSR count). The first-order chi connectivity index (χ1) is 14.1. The largest absolute Gasteiger partial charge is 0.322 e. The molecule has 0 unspecified atom stereocenters. The van der Waals surface area contributed by atoms with Gasteiger partial charge in [-0.2, -0.15) is 14.6 Å². The fraction of sp³-hybridized carbons (Fsp3) is 0.143. The Hall–Kier alpha value is -2.90. The first-order valence-electron chi connectivity index (χ1n) is 9.17. The number of fused-ring (bicyclic) bond motifs is 1. The molecule has 29 heavy (non-hydrogen) atoms. The number of aromatic nitrogens is 4. The van der Waals surface area contributed by atoms with Crippen molar-refractivity contribution in [3.8, 4) is 0 Å².